The lowest BCUT2D eigenvalue weighted by Crippen LogP contribution is -2.50. The van der Waals surface area contributed by atoms with Crippen LogP contribution < -0.4 is 5.32 Å². The zero-order valence-electron chi connectivity index (χ0n) is 12.6. The summed E-state index contributed by atoms with van der Waals surface area (Å²) in [6, 6.07) is 12.6. The minimum atomic E-state index is -1.78. The molecule has 0 heterocycles. The molecule has 1 atom stereocenters. The normalized spacial score (nSPS) is 14.0. The fraction of sp³-hybridized carbons (Fsp3) is 0.250. The van der Waals surface area contributed by atoms with E-state index in [1.54, 1.807) is 18.2 Å². The maximum Gasteiger partial charge on any atom is 0.408 e. The third-order valence-corrected chi connectivity index (χ3v) is 3.80. The van der Waals surface area contributed by atoms with Crippen molar-refractivity contribution in [1.29, 1.82) is 0 Å². The average Bonchev–Trinajstić information content (AvgIpc) is 2.51. The number of aliphatic carboxylic acids is 1. The first-order chi connectivity index (χ1) is 11.1. The van der Waals surface area contributed by atoms with Crippen molar-refractivity contribution in [2.24, 2.45) is 0 Å². The molecule has 128 valence electrons. The molecule has 0 fully saturated rings. The summed E-state index contributed by atoms with van der Waals surface area (Å²) in [6.45, 7) is 0.854. The number of hydrogen-bond donors (Lipinski definition) is 2. The van der Waals surface area contributed by atoms with Crippen molar-refractivity contribution in [3.8, 4) is 0 Å². The Hall–Kier alpha value is -1.69. The molecule has 2 N–H and O–H groups in total. The minimum Gasteiger partial charge on any atom is -0.479 e. The molecule has 2 rings (SSSR count). The largest absolute Gasteiger partial charge is 0.479 e. The number of halogens is 3. The highest BCUT2D eigenvalue weighted by molar-refractivity contribution is 6.67. The maximum atomic E-state index is 11.9. The Morgan fingerprint density at radius 3 is 2.33 bits per heavy atom. The van der Waals surface area contributed by atoms with Crippen molar-refractivity contribution < 1.29 is 19.4 Å². The van der Waals surface area contributed by atoms with Crippen LogP contribution in [0, 0.1) is 0 Å². The molecule has 5 nitrogen and oxygen atoms in total. The van der Waals surface area contributed by atoms with E-state index in [1.165, 1.54) is 6.92 Å². The first kappa shape index (κ1) is 18.6. The molecule has 0 aromatic heterocycles. The Kier molecular flexibility index (Phi) is 5.48. The van der Waals surface area contributed by atoms with E-state index in [4.69, 9.17) is 39.5 Å². The van der Waals surface area contributed by atoms with Crippen LogP contribution in [0.15, 0.2) is 42.5 Å². The molecule has 0 aliphatic heterocycles. The van der Waals surface area contributed by atoms with Gasteiger partial charge in [0.1, 0.15) is 6.61 Å². The van der Waals surface area contributed by atoms with Crippen molar-refractivity contribution in [3.63, 3.8) is 0 Å². The first-order valence-corrected chi connectivity index (χ1v) is 7.99. The molecular formula is C16H14Cl3NO4. The molecule has 1 amide bonds. The number of nitrogens with one attached hydrogen (secondary N) is 1. The molecule has 0 radical (unpaired) electrons. The number of alkyl halides is 3. The quantitative estimate of drug-likeness (QED) is 0.766. The van der Waals surface area contributed by atoms with Crippen LogP contribution in [0.2, 0.25) is 0 Å². The first-order valence-electron chi connectivity index (χ1n) is 6.86. The van der Waals surface area contributed by atoms with Crippen LogP contribution in [0.4, 0.5) is 4.79 Å². The van der Waals surface area contributed by atoms with E-state index >= 15 is 0 Å². The Morgan fingerprint density at radius 1 is 1.12 bits per heavy atom. The Bertz CT molecular complexity index is 775. The molecule has 2 aromatic carbocycles. The molecule has 0 aliphatic rings. The van der Waals surface area contributed by atoms with Gasteiger partial charge in [0.15, 0.2) is 5.54 Å². The van der Waals surface area contributed by atoms with Gasteiger partial charge in [-0.05, 0) is 29.3 Å². The average molecular weight is 391 g/mol. The van der Waals surface area contributed by atoms with Gasteiger partial charge in [0.05, 0.1) is 0 Å². The van der Waals surface area contributed by atoms with Gasteiger partial charge < -0.3 is 15.2 Å². The van der Waals surface area contributed by atoms with E-state index in [1.807, 2.05) is 24.3 Å². The van der Waals surface area contributed by atoms with Crippen LogP contribution in [0.1, 0.15) is 12.5 Å². The summed E-state index contributed by atoms with van der Waals surface area (Å²) in [6.07, 6.45) is -1.00. The number of fused-ring (bicyclic) bond motifs is 1. The summed E-state index contributed by atoms with van der Waals surface area (Å²) >= 11 is 16.5. The van der Waals surface area contributed by atoms with E-state index in [-0.39, 0.29) is 0 Å². The molecule has 8 heteroatoms. The molecule has 0 unspecified atom stereocenters. The van der Waals surface area contributed by atoms with Gasteiger partial charge in [0.2, 0.25) is 3.79 Å². The standard InChI is InChI=1S/C16H14Cl3NO4/c1-15(13(21)22,20-14(23)24-9-16(17,18)19)12-7-6-10-4-2-3-5-11(10)8-12/h2-8H,9H2,1H3,(H,20,23)(H,21,22)/t15-/m0/s1. The highest BCUT2D eigenvalue weighted by atomic mass is 35.6. The van der Waals surface area contributed by atoms with E-state index in [0.717, 1.165) is 10.8 Å². The van der Waals surface area contributed by atoms with Crippen LogP contribution in [-0.2, 0) is 15.1 Å². The number of ether oxygens (including phenoxy) is 1. The van der Waals surface area contributed by atoms with Crippen molar-refractivity contribution >= 4 is 57.6 Å². The number of carboxylic acids is 1. The zero-order valence-corrected chi connectivity index (χ0v) is 14.8. The van der Waals surface area contributed by atoms with Gasteiger partial charge in [-0.3, -0.25) is 0 Å². The van der Waals surface area contributed by atoms with Gasteiger partial charge in [0, 0.05) is 0 Å². The van der Waals surface area contributed by atoms with Crippen molar-refractivity contribution in [3.05, 3.63) is 48.0 Å². The fourth-order valence-corrected chi connectivity index (χ4v) is 2.30. The van der Waals surface area contributed by atoms with Crippen molar-refractivity contribution in [1.82, 2.24) is 5.32 Å². The van der Waals surface area contributed by atoms with Gasteiger partial charge in [-0.1, -0.05) is 71.2 Å². The lowest BCUT2D eigenvalue weighted by atomic mass is 9.90. The maximum absolute atomic E-state index is 11.9. The Morgan fingerprint density at radius 2 is 1.75 bits per heavy atom. The fourth-order valence-electron chi connectivity index (χ4n) is 2.14. The number of benzene rings is 2. The third kappa shape index (κ3) is 4.44. The minimum absolute atomic E-state index is 0.388. The number of alkyl carbamates (subject to hydrolysis) is 1. The van der Waals surface area contributed by atoms with Crippen molar-refractivity contribution in [2.45, 2.75) is 16.3 Å². The summed E-state index contributed by atoms with van der Waals surface area (Å²) < 4.78 is 2.97. The monoisotopic (exact) mass is 389 g/mol. The van der Waals surface area contributed by atoms with E-state index in [0.29, 0.717) is 5.56 Å². The number of rotatable bonds is 4. The zero-order chi connectivity index (χ0) is 18.0. The smallest absolute Gasteiger partial charge is 0.408 e. The van der Waals surface area contributed by atoms with Crippen LogP contribution in [-0.4, -0.2) is 27.6 Å². The number of amides is 1. The topological polar surface area (TPSA) is 75.6 Å². The van der Waals surface area contributed by atoms with Crippen LogP contribution in [0.5, 0.6) is 0 Å². The second kappa shape index (κ2) is 7.05. The summed E-state index contributed by atoms with van der Waals surface area (Å²) in [5, 5.41) is 13.7. The molecule has 24 heavy (non-hydrogen) atoms. The molecule has 0 saturated heterocycles. The molecule has 0 saturated carbocycles. The molecule has 2 aromatic rings. The predicted molar refractivity (Wildman–Crippen MR) is 93.7 cm³/mol. The van der Waals surface area contributed by atoms with Gasteiger partial charge >= 0.3 is 12.1 Å². The van der Waals surface area contributed by atoms with Crippen LogP contribution >= 0.6 is 34.8 Å². The molecule has 0 spiro atoms. The van der Waals surface area contributed by atoms with Crippen LogP contribution in [0.3, 0.4) is 0 Å². The lowest BCUT2D eigenvalue weighted by molar-refractivity contribution is -0.144. The number of hydrogen-bond acceptors (Lipinski definition) is 3. The molecule has 0 aliphatic carbocycles. The summed E-state index contributed by atoms with van der Waals surface area (Å²) in [7, 11) is 0. The van der Waals surface area contributed by atoms with E-state index < -0.39 is 28.0 Å². The highest BCUT2D eigenvalue weighted by Crippen LogP contribution is 2.28. The molecular weight excluding hydrogens is 377 g/mol. The second-order valence-electron chi connectivity index (χ2n) is 5.31. The lowest BCUT2D eigenvalue weighted by Gasteiger charge is -2.27. The summed E-state index contributed by atoms with van der Waals surface area (Å²) in [5.41, 5.74) is -1.31. The second-order valence-corrected chi connectivity index (χ2v) is 7.82. The number of carbonyl (C=O) groups excluding carboxylic acids is 1. The Labute approximate surface area is 153 Å². The number of carbonyl (C=O) groups is 2. The van der Waals surface area contributed by atoms with Gasteiger partial charge in [-0.25, -0.2) is 9.59 Å². The van der Waals surface area contributed by atoms with Gasteiger partial charge in [0.25, 0.3) is 0 Å². The Balaban J connectivity index is 2.28. The van der Waals surface area contributed by atoms with E-state index in [9.17, 15) is 14.7 Å². The van der Waals surface area contributed by atoms with E-state index in [2.05, 4.69) is 5.32 Å². The number of carboxylic acid groups (broad SMARTS) is 1. The van der Waals surface area contributed by atoms with Gasteiger partial charge in [-0.2, -0.15) is 0 Å². The highest BCUT2D eigenvalue weighted by Gasteiger charge is 2.38. The summed E-state index contributed by atoms with van der Waals surface area (Å²) in [4.78, 5) is 23.6. The predicted octanol–water partition coefficient (Wildman–Crippen LogP) is 4.24. The van der Waals surface area contributed by atoms with Crippen molar-refractivity contribution in [2.75, 3.05) is 6.61 Å². The van der Waals surface area contributed by atoms with Gasteiger partial charge in [-0.15, -0.1) is 0 Å². The summed E-state index contributed by atoms with van der Waals surface area (Å²) in [5.74, 6) is -1.25. The van der Waals surface area contributed by atoms with Crippen LogP contribution in [0.25, 0.3) is 10.8 Å². The third-order valence-electron chi connectivity index (χ3n) is 3.47. The molecule has 0 bridgehead atoms. The SMILES string of the molecule is C[C@@](NC(=O)OCC(Cl)(Cl)Cl)(C(=O)O)c1ccc2ccccc2c1.